The van der Waals surface area contributed by atoms with Gasteiger partial charge in [0.1, 0.15) is 0 Å². The Morgan fingerprint density at radius 2 is 2.08 bits per heavy atom. The molecule has 1 N–H and O–H groups in total. The second-order valence-corrected chi connectivity index (χ2v) is 6.98. The van der Waals surface area contributed by atoms with E-state index < -0.39 is 0 Å². The molecule has 3 heterocycles. The highest BCUT2D eigenvalue weighted by Crippen LogP contribution is 2.26. The Morgan fingerprint density at radius 3 is 2.80 bits per heavy atom. The van der Waals surface area contributed by atoms with Gasteiger partial charge < -0.3 is 10.2 Å². The Balaban J connectivity index is 1.76. The highest BCUT2D eigenvalue weighted by atomic mass is 32.1. The summed E-state index contributed by atoms with van der Waals surface area (Å²) in [5.74, 6) is 0.842. The van der Waals surface area contributed by atoms with E-state index in [2.05, 4.69) is 15.4 Å². The molecule has 0 saturated carbocycles. The lowest BCUT2D eigenvalue weighted by Crippen LogP contribution is -2.52. The van der Waals surface area contributed by atoms with Crippen molar-refractivity contribution in [3.05, 3.63) is 53.7 Å². The number of nitrogens with one attached hydrogen (secondary N) is 1. The van der Waals surface area contributed by atoms with Crippen molar-refractivity contribution in [2.75, 3.05) is 19.6 Å². The minimum absolute atomic E-state index is 0.110. The summed E-state index contributed by atoms with van der Waals surface area (Å²) in [7, 11) is 0. The number of hydrogen-bond acceptors (Lipinski definition) is 5. The van der Waals surface area contributed by atoms with Gasteiger partial charge in [0.25, 0.3) is 5.91 Å². The van der Waals surface area contributed by atoms with Crippen LogP contribution in [0.5, 0.6) is 0 Å². The molecule has 1 aliphatic heterocycles. The predicted molar refractivity (Wildman–Crippen MR) is 98.0 cm³/mol. The van der Waals surface area contributed by atoms with Crippen LogP contribution in [0, 0.1) is 0 Å². The summed E-state index contributed by atoms with van der Waals surface area (Å²) >= 11 is 1.59. The monoisotopic (exact) mass is 353 g/mol. The molecule has 1 atom stereocenters. The quantitative estimate of drug-likeness (QED) is 0.785. The van der Waals surface area contributed by atoms with Crippen molar-refractivity contribution >= 4 is 17.2 Å². The number of carbonyl (C=O) groups is 1. The first kappa shape index (κ1) is 16.0. The number of aromatic nitrogens is 3. The van der Waals surface area contributed by atoms with E-state index >= 15 is 0 Å². The fourth-order valence-electron chi connectivity index (χ4n) is 2.99. The minimum atomic E-state index is -0.110. The second kappa shape index (κ2) is 6.78. The first-order valence-electron chi connectivity index (χ1n) is 8.32. The summed E-state index contributed by atoms with van der Waals surface area (Å²) in [6.45, 7) is 4.31. The molecule has 1 amide bonds. The number of rotatable bonds is 3. The average Bonchev–Trinajstić information content (AvgIpc) is 3.32. The molecular formula is C18H19N5OS. The van der Waals surface area contributed by atoms with Gasteiger partial charge in [-0.05, 0) is 30.5 Å². The van der Waals surface area contributed by atoms with E-state index in [9.17, 15) is 4.79 Å². The first-order valence-corrected chi connectivity index (χ1v) is 9.20. The first-order chi connectivity index (χ1) is 12.2. The van der Waals surface area contributed by atoms with Crippen LogP contribution in [0.4, 0.5) is 0 Å². The van der Waals surface area contributed by atoms with Crippen molar-refractivity contribution < 1.29 is 4.79 Å². The van der Waals surface area contributed by atoms with Gasteiger partial charge in [-0.1, -0.05) is 24.3 Å². The van der Waals surface area contributed by atoms with Gasteiger partial charge in [-0.25, -0.2) is 9.67 Å². The Labute approximate surface area is 150 Å². The third-order valence-corrected chi connectivity index (χ3v) is 5.17. The van der Waals surface area contributed by atoms with E-state index in [0.717, 1.165) is 23.7 Å². The molecule has 1 aromatic carbocycles. The molecule has 1 saturated heterocycles. The third kappa shape index (κ3) is 3.08. The van der Waals surface area contributed by atoms with Crippen LogP contribution in [0.2, 0.25) is 0 Å². The summed E-state index contributed by atoms with van der Waals surface area (Å²) < 4.78 is 1.76. The summed E-state index contributed by atoms with van der Waals surface area (Å²) in [5, 5.41) is 9.84. The van der Waals surface area contributed by atoms with Crippen molar-refractivity contribution in [3.63, 3.8) is 0 Å². The molecule has 0 bridgehead atoms. The number of piperazine rings is 1. The van der Waals surface area contributed by atoms with Gasteiger partial charge in [-0.2, -0.15) is 0 Å². The van der Waals surface area contributed by atoms with Crippen molar-refractivity contribution in [2.24, 2.45) is 0 Å². The molecule has 3 aromatic rings. The highest BCUT2D eigenvalue weighted by Gasteiger charge is 2.28. The summed E-state index contributed by atoms with van der Waals surface area (Å²) in [6.07, 6.45) is 0. The van der Waals surface area contributed by atoms with E-state index in [4.69, 9.17) is 0 Å². The van der Waals surface area contributed by atoms with Crippen molar-refractivity contribution in [3.8, 4) is 16.4 Å². The molecule has 4 rings (SSSR count). The number of amides is 1. The van der Waals surface area contributed by atoms with E-state index in [1.54, 1.807) is 16.0 Å². The lowest BCUT2D eigenvalue weighted by molar-refractivity contribution is 0.0643. The maximum atomic E-state index is 12.9. The highest BCUT2D eigenvalue weighted by molar-refractivity contribution is 7.13. The largest absolute Gasteiger partial charge is 0.331 e. The molecule has 2 aromatic heterocycles. The molecule has 1 fully saturated rings. The summed E-state index contributed by atoms with van der Waals surface area (Å²) in [4.78, 5) is 20.4. The zero-order valence-corrected chi connectivity index (χ0v) is 14.7. The maximum absolute atomic E-state index is 12.9. The Kier molecular flexibility index (Phi) is 4.33. The molecule has 25 heavy (non-hydrogen) atoms. The van der Waals surface area contributed by atoms with E-state index in [0.29, 0.717) is 12.4 Å². The minimum Gasteiger partial charge on any atom is -0.331 e. The molecular weight excluding hydrogens is 334 g/mol. The van der Waals surface area contributed by atoms with E-state index in [1.807, 2.05) is 59.7 Å². The van der Waals surface area contributed by atoms with Gasteiger partial charge in [-0.3, -0.25) is 4.79 Å². The zero-order chi connectivity index (χ0) is 17.2. The van der Waals surface area contributed by atoms with E-state index in [-0.39, 0.29) is 17.8 Å². The van der Waals surface area contributed by atoms with Crippen LogP contribution in [-0.2, 0) is 0 Å². The lowest BCUT2D eigenvalue weighted by atomic mass is 10.2. The van der Waals surface area contributed by atoms with Crippen molar-refractivity contribution in [1.29, 1.82) is 0 Å². The maximum Gasteiger partial charge on any atom is 0.293 e. The molecule has 1 aliphatic rings. The molecule has 128 valence electrons. The molecule has 7 heteroatoms. The number of nitrogens with zero attached hydrogens (tertiary/aromatic N) is 4. The normalized spacial score (nSPS) is 17.6. The lowest BCUT2D eigenvalue weighted by Gasteiger charge is -2.33. The van der Waals surface area contributed by atoms with Crippen LogP contribution in [0.1, 0.15) is 17.5 Å². The van der Waals surface area contributed by atoms with Gasteiger partial charge in [0.05, 0.1) is 10.6 Å². The third-order valence-electron chi connectivity index (χ3n) is 4.30. The fourth-order valence-corrected chi connectivity index (χ4v) is 3.69. The molecule has 1 unspecified atom stereocenters. The topological polar surface area (TPSA) is 63.1 Å². The predicted octanol–water partition coefficient (Wildman–Crippen LogP) is 2.43. The van der Waals surface area contributed by atoms with Gasteiger partial charge in [-0.15, -0.1) is 16.4 Å². The molecule has 0 spiro atoms. The number of thiophene rings is 1. The van der Waals surface area contributed by atoms with E-state index in [1.165, 1.54) is 0 Å². The number of hydrogen-bond donors (Lipinski definition) is 1. The Hall–Kier alpha value is -2.51. The second-order valence-electron chi connectivity index (χ2n) is 6.04. The molecule has 0 radical (unpaired) electrons. The smallest absolute Gasteiger partial charge is 0.293 e. The van der Waals surface area contributed by atoms with Crippen LogP contribution in [0.3, 0.4) is 0 Å². The van der Waals surface area contributed by atoms with Crippen LogP contribution < -0.4 is 5.32 Å². The number of carbonyl (C=O) groups excluding carboxylic acids is 1. The van der Waals surface area contributed by atoms with Crippen molar-refractivity contribution in [2.45, 2.75) is 13.0 Å². The standard InChI is InChI=1S/C18H19N5OS/c1-13-12-19-9-10-22(13)18(24)16-20-17(15-8-5-11-25-15)23(21-16)14-6-3-2-4-7-14/h2-8,11,13,19H,9-10,12H2,1H3. The summed E-state index contributed by atoms with van der Waals surface area (Å²) in [6, 6.07) is 13.9. The van der Waals surface area contributed by atoms with Crippen molar-refractivity contribution in [1.82, 2.24) is 25.0 Å². The van der Waals surface area contributed by atoms with Crippen LogP contribution in [0.25, 0.3) is 16.4 Å². The van der Waals surface area contributed by atoms with Gasteiger partial charge in [0.2, 0.25) is 5.82 Å². The molecule has 0 aliphatic carbocycles. The Morgan fingerprint density at radius 1 is 1.24 bits per heavy atom. The zero-order valence-electron chi connectivity index (χ0n) is 13.9. The summed E-state index contributed by atoms with van der Waals surface area (Å²) in [5.41, 5.74) is 0.894. The average molecular weight is 353 g/mol. The Bertz CT molecular complexity index is 859. The fraction of sp³-hybridized carbons (Fsp3) is 0.278. The van der Waals surface area contributed by atoms with Gasteiger partial charge in [0.15, 0.2) is 5.82 Å². The van der Waals surface area contributed by atoms with Crippen LogP contribution >= 0.6 is 11.3 Å². The van der Waals surface area contributed by atoms with Crippen LogP contribution in [0.15, 0.2) is 47.8 Å². The number of para-hydroxylation sites is 1. The van der Waals surface area contributed by atoms with Crippen LogP contribution in [-0.4, -0.2) is 51.2 Å². The van der Waals surface area contributed by atoms with Gasteiger partial charge >= 0.3 is 0 Å². The number of benzene rings is 1. The molecule has 6 nitrogen and oxygen atoms in total. The van der Waals surface area contributed by atoms with Gasteiger partial charge in [0, 0.05) is 25.7 Å². The SMILES string of the molecule is CC1CNCCN1C(=O)c1nc(-c2cccs2)n(-c2ccccc2)n1.